The van der Waals surface area contributed by atoms with Crippen molar-refractivity contribution in [3.05, 3.63) is 129 Å². The summed E-state index contributed by atoms with van der Waals surface area (Å²) >= 11 is 14.3. The number of nitrogens with two attached hydrogens (primary N) is 2. The van der Waals surface area contributed by atoms with Crippen molar-refractivity contribution in [2.75, 3.05) is 13.7 Å². The summed E-state index contributed by atoms with van der Waals surface area (Å²) in [7, 11) is 1.46. The third-order valence-electron chi connectivity index (χ3n) is 19.4. The molecule has 39 heteroatoms. The van der Waals surface area contributed by atoms with E-state index in [0.29, 0.717) is 0 Å². The van der Waals surface area contributed by atoms with Gasteiger partial charge in [-0.1, -0.05) is 55.2 Å². The van der Waals surface area contributed by atoms with E-state index in [9.17, 15) is 80.1 Å². The zero-order valence-corrected chi connectivity index (χ0v) is 60.9. The molecule has 13 rings (SSSR count). The minimum Gasteiger partial charge on any atom is -0.508 e. The van der Waals surface area contributed by atoms with Crippen molar-refractivity contribution >= 4 is 76.8 Å². The second kappa shape index (κ2) is 33.5. The number of amides is 7. The Balaban J connectivity index is 1.17. The number of carbonyl (C=O) groups excluding carboxylic acids is 8. The average molecular weight is 1590 g/mol. The van der Waals surface area contributed by atoms with Gasteiger partial charge in [0.1, 0.15) is 108 Å². The zero-order chi connectivity index (χ0) is 80.7. The first-order chi connectivity index (χ1) is 52.5. The molecule has 37 nitrogen and oxygen atoms in total. The summed E-state index contributed by atoms with van der Waals surface area (Å²) < 4.78 is 49.7. The van der Waals surface area contributed by atoms with Gasteiger partial charge in [-0.25, -0.2) is 4.79 Å². The second-order valence-corrected chi connectivity index (χ2v) is 28.8. The number of carbonyl (C=O) groups is 9. The molecule has 5 aromatic rings. The number of rotatable bonds is 16. The van der Waals surface area contributed by atoms with E-state index < -0.39 is 272 Å². The lowest BCUT2D eigenvalue weighted by molar-refractivity contribution is -0.320. The number of carboxylic acid groups (broad SMARTS) is 1. The molecule has 8 aliphatic heterocycles. The van der Waals surface area contributed by atoms with E-state index in [1.807, 2.05) is 0 Å². The number of primary amides is 1. The number of fused-ring (bicyclic) bond motifs is 15. The van der Waals surface area contributed by atoms with Crippen LogP contribution in [0, 0.1) is 5.92 Å². The maximum Gasteiger partial charge on any atom is 0.330 e. The Morgan fingerprint density at radius 1 is 0.721 bits per heavy atom. The fourth-order valence-electron chi connectivity index (χ4n) is 13.6. The fourth-order valence-corrected chi connectivity index (χ4v) is 14.1. The molecule has 0 aromatic heterocycles. The SMILES string of the molecule is CN[C@H](CC(C)C)C(=O)N[C@H]1C(=O)N[C@@H](CC(N)=O)C(=O)N[C@H]2C(=O)N[C@H]3C(=O)NC(C(=O)N[C@@H](C(=O)O)c4cc(O)cc(O)c4-c4cc3ccc4O)[C@H](O[C@H]3C[C@](C)(N)[C@@H](O)[C@H](C)O3)c3ccc(c(Cl)c3)Oc3cc2cc(c3O[C@@H]2O[C@H](CO)[C@@H](O[C@@H]3OC(C=O)=C[C@H](O)[C@H]3O)[C@H](O)[C@H]2O)Oc2ccc(cc2Cl)[C@H]1O. The van der Waals surface area contributed by atoms with Crippen LogP contribution < -0.4 is 62.9 Å². The van der Waals surface area contributed by atoms with Crippen molar-refractivity contribution in [2.45, 2.75) is 175 Å². The summed E-state index contributed by atoms with van der Waals surface area (Å²) in [5.41, 5.74) is 7.93. The van der Waals surface area contributed by atoms with Crippen LogP contribution in [0.5, 0.6) is 46.0 Å². The van der Waals surface area contributed by atoms with E-state index in [0.717, 1.165) is 72.8 Å². The van der Waals surface area contributed by atoms with Gasteiger partial charge in [-0.05, 0) is 116 Å². The van der Waals surface area contributed by atoms with Crippen LogP contribution in [0.15, 0.2) is 90.7 Å². The monoisotopic (exact) mass is 1590 g/mol. The molecule has 0 radical (unpaired) electrons. The standard InChI is InChI=1S/C72H81Cl2N9O28/c1-25(2)12-37(77-5)63(96)82-53-55(91)28-7-10-42(35(73)14-28)106-44-16-30-17-45(60(44)110-71-58(94)57(93)61(46(24-85)108-71)111-70-56(92)41(89)20-32(23-84)105-70)107-43-11-8-29(15-36(43)74)59(109-48-22-72(4,76)62(95)26(3)104-48)54-68(101)81-52(69(102)103)34-18-31(86)19-40(88)49(34)33-13-27(6-9-39(33)87)50(65(98)83-54)80-66(99)51(30)79-64(97)38(21-47(75)90)78-67(53)100/h6-11,13-20,23,25-26,37-38,41,46,48,50-59,61-62,70-71,77,85-89,91-95H,12,21-22,24,76H2,1-5H3,(H2,75,90)(H,78,100)(H,79,97)(H,80,99)(H,81,101)(H,82,96)(H,83,98)(H,102,103)/t26-,37+,38-,41-,46+,48-,50+,51+,52+,53+,54?,55+,56+,57+,58+,59+,61+,62-,70-,71-,72-/m0/s1. The first kappa shape index (κ1) is 81.9. The van der Waals surface area contributed by atoms with Gasteiger partial charge in [-0.15, -0.1) is 0 Å². The molecule has 0 spiro atoms. The number of nitrogens with one attached hydrogen (secondary N) is 7. The zero-order valence-electron chi connectivity index (χ0n) is 59.4. The molecule has 7 amide bonds. The fraction of sp³-hybridized carbons (Fsp3) is 0.431. The Morgan fingerprint density at radius 3 is 1.96 bits per heavy atom. The highest BCUT2D eigenvalue weighted by Crippen LogP contribution is 2.50. The highest BCUT2D eigenvalue weighted by molar-refractivity contribution is 6.32. The van der Waals surface area contributed by atoms with Crippen LogP contribution >= 0.6 is 23.2 Å². The van der Waals surface area contributed by atoms with Gasteiger partial charge in [0, 0.05) is 34.7 Å². The first-order valence-corrected chi connectivity index (χ1v) is 35.4. The number of aromatic hydroxyl groups is 3. The Morgan fingerprint density at radius 2 is 1.35 bits per heavy atom. The number of carboxylic acids is 1. The number of hydrogen-bond acceptors (Lipinski definition) is 29. The number of aliphatic hydroxyl groups excluding tert-OH is 7. The number of benzene rings is 5. The molecule has 22 N–H and O–H groups in total. The summed E-state index contributed by atoms with van der Waals surface area (Å²) in [6, 6.07) is -1.04. The van der Waals surface area contributed by atoms with Crippen LogP contribution in [0.25, 0.3) is 11.1 Å². The van der Waals surface area contributed by atoms with Gasteiger partial charge in [-0.2, -0.15) is 0 Å². The van der Waals surface area contributed by atoms with Crippen LogP contribution in [0.4, 0.5) is 0 Å². The molecular formula is C72H81Cl2N9O28. The molecule has 8 aliphatic rings. The van der Waals surface area contributed by atoms with E-state index in [2.05, 4.69) is 37.2 Å². The molecule has 2 fully saturated rings. The number of allylic oxidation sites excluding steroid dienone is 1. The quantitative estimate of drug-likeness (QED) is 0.0543. The van der Waals surface area contributed by atoms with Gasteiger partial charge in [0.25, 0.3) is 0 Å². The second-order valence-electron chi connectivity index (χ2n) is 28.0. The predicted molar refractivity (Wildman–Crippen MR) is 379 cm³/mol. The number of aliphatic hydroxyl groups is 7. The number of ether oxygens (including phenoxy) is 8. The molecule has 0 saturated carbocycles. The highest BCUT2D eigenvalue weighted by Gasteiger charge is 2.52. The molecule has 1 unspecified atom stereocenters. The van der Waals surface area contributed by atoms with E-state index in [1.165, 1.54) is 33.0 Å². The van der Waals surface area contributed by atoms with E-state index >= 15 is 19.2 Å². The van der Waals surface area contributed by atoms with Crippen LogP contribution in [-0.4, -0.2) is 221 Å². The third kappa shape index (κ3) is 17.5. The molecule has 8 heterocycles. The van der Waals surface area contributed by atoms with Gasteiger partial charge in [-0.3, -0.25) is 38.4 Å². The molecule has 111 heavy (non-hydrogen) atoms. The molecule has 11 bridgehead atoms. The maximum absolute atomic E-state index is 16.3. The topological polar surface area (TPSA) is 586 Å². The molecule has 5 aromatic carbocycles. The third-order valence-corrected chi connectivity index (χ3v) is 19.9. The minimum atomic E-state index is -2.41. The van der Waals surface area contributed by atoms with Crippen molar-refractivity contribution in [1.29, 1.82) is 0 Å². The summed E-state index contributed by atoms with van der Waals surface area (Å²) in [5.74, 6) is -17.1. The van der Waals surface area contributed by atoms with Crippen LogP contribution in [0.1, 0.15) is 105 Å². The number of phenolic OH excluding ortho intramolecular Hbond substituents is 3. The van der Waals surface area contributed by atoms with Gasteiger partial charge in [0.2, 0.25) is 59.7 Å². The predicted octanol–water partition coefficient (Wildman–Crippen LogP) is -0.709. The highest BCUT2D eigenvalue weighted by atomic mass is 35.5. The lowest BCUT2D eigenvalue weighted by Crippen LogP contribution is -2.62. The number of halogens is 2. The maximum atomic E-state index is 16.3. The summed E-state index contributed by atoms with van der Waals surface area (Å²) in [6.07, 6.45) is -24.6. The summed E-state index contributed by atoms with van der Waals surface area (Å²) in [4.78, 5) is 131. The van der Waals surface area contributed by atoms with Gasteiger partial charge >= 0.3 is 5.97 Å². The van der Waals surface area contributed by atoms with Crippen molar-refractivity contribution in [1.82, 2.24) is 37.2 Å². The van der Waals surface area contributed by atoms with Crippen molar-refractivity contribution in [3.63, 3.8) is 0 Å². The Hall–Kier alpha value is -10.1. The van der Waals surface area contributed by atoms with Crippen LogP contribution in [0.2, 0.25) is 10.0 Å². The number of likely N-dealkylation sites (N-methyl/N-ethyl adjacent to an activating group) is 1. The lowest BCUT2D eigenvalue weighted by atomic mass is 9.86. The first-order valence-electron chi connectivity index (χ1n) is 34.6. The number of aldehydes is 1. The van der Waals surface area contributed by atoms with Crippen molar-refractivity contribution in [2.24, 2.45) is 17.4 Å². The number of phenols is 3. The van der Waals surface area contributed by atoms with Crippen LogP contribution in [0.3, 0.4) is 0 Å². The van der Waals surface area contributed by atoms with E-state index in [4.69, 9.17) is 72.6 Å². The smallest absolute Gasteiger partial charge is 0.330 e. The molecule has 21 atom stereocenters. The molecular weight excluding hydrogens is 1510 g/mol. The van der Waals surface area contributed by atoms with Gasteiger partial charge < -0.3 is 143 Å². The summed E-state index contributed by atoms with van der Waals surface area (Å²) in [5, 5.41) is 142. The van der Waals surface area contributed by atoms with Crippen molar-refractivity contribution in [3.8, 4) is 57.1 Å². The van der Waals surface area contributed by atoms with E-state index in [-0.39, 0.29) is 41.7 Å². The van der Waals surface area contributed by atoms with E-state index in [1.54, 1.807) is 13.8 Å². The largest absolute Gasteiger partial charge is 0.508 e. The molecule has 596 valence electrons. The normalized spacial score (nSPS) is 30.5. The average Bonchev–Trinajstić information content (AvgIpc) is 0.765. The molecule has 0 aliphatic carbocycles. The molecule has 2 saturated heterocycles. The lowest BCUT2D eigenvalue weighted by Gasteiger charge is -2.44. The minimum absolute atomic E-state index is 0.123. The van der Waals surface area contributed by atoms with Crippen molar-refractivity contribution < 1.29 is 137 Å². The van der Waals surface area contributed by atoms with Gasteiger partial charge in [0.15, 0.2) is 35.9 Å². The number of hydrogen-bond donors (Lipinski definition) is 20. The summed E-state index contributed by atoms with van der Waals surface area (Å²) in [6.45, 7) is 5.41. The van der Waals surface area contributed by atoms with Crippen LogP contribution in [-0.2, 0) is 66.8 Å². The Kier molecular flexibility index (Phi) is 24.7. The Bertz CT molecular complexity index is 4490. The van der Waals surface area contributed by atoms with Gasteiger partial charge in [0.05, 0.1) is 41.3 Å². The number of aliphatic carboxylic acids is 1. The Labute approximate surface area is 639 Å².